The lowest BCUT2D eigenvalue weighted by atomic mass is 9.91. The fourth-order valence-electron chi connectivity index (χ4n) is 1.92. The molecule has 2 aliphatic heterocycles. The first kappa shape index (κ1) is 8.01. The van der Waals surface area contributed by atoms with Crippen LogP contribution in [0.1, 0.15) is 20.8 Å². The molecule has 4 heteroatoms. The molecule has 0 radical (unpaired) electrons. The summed E-state index contributed by atoms with van der Waals surface area (Å²) in [6, 6.07) is 0. The molecule has 0 saturated carbocycles. The molecule has 2 fully saturated rings. The molecule has 68 valence electrons. The number of hydrogen-bond donors (Lipinski definition) is 1. The van der Waals surface area contributed by atoms with Crippen LogP contribution in [0.2, 0.25) is 0 Å². The van der Waals surface area contributed by atoms with Gasteiger partial charge in [-0.05, 0) is 20.8 Å². The number of esters is 1. The summed E-state index contributed by atoms with van der Waals surface area (Å²) in [5.41, 5.74) is -2.00. The summed E-state index contributed by atoms with van der Waals surface area (Å²) in [6.07, 6.45) is -1.09. The normalized spacial score (nSPS) is 57.5. The Bertz CT molecular complexity index is 251. The highest BCUT2D eigenvalue weighted by Crippen LogP contribution is 2.47. The van der Waals surface area contributed by atoms with E-state index in [1.807, 2.05) is 0 Å². The smallest absolute Gasteiger partial charge is 0.341 e. The van der Waals surface area contributed by atoms with Crippen molar-refractivity contribution in [3.05, 3.63) is 0 Å². The highest BCUT2D eigenvalue weighted by Gasteiger charge is 2.70. The quantitative estimate of drug-likeness (QED) is 0.516. The molecule has 2 rings (SSSR count). The van der Waals surface area contributed by atoms with E-state index in [1.165, 1.54) is 0 Å². The van der Waals surface area contributed by atoms with E-state index < -0.39 is 23.3 Å². The largest absolute Gasteiger partial charge is 0.451 e. The van der Waals surface area contributed by atoms with Gasteiger partial charge >= 0.3 is 5.97 Å². The molecule has 0 aromatic rings. The van der Waals surface area contributed by atoms with Gasteiger partial charge in [0.1, 0.15) is 6.10 Å². The van der Waals surface area contributed by atoms with Gasteiger partial charge in [-0.3, -0.25) is 0 Å². The van der Waals surface area contributed by atoms with Gasteiger partial charge in [-0.15, -0.1) is 0 Å². The predicted molar refractivity (Wildman–Crippen MR) is 39.5 cm³/mol. The molecule has 12 heavy (non-hydrogen) atoms. The van der Waals surface area contributed by atoms with Crippen LogP contribution < -0.4 is 0 Å². The van der Waals surface area contributed by atoms with Crippen LogP contribution in [-0.2, 0) is 14.3 Å². The maximum atomic E-state index is 11.2. The van der Waals surface area contributed by atoms with Crippen LogP contribution in [0.4, 0.5) is 0 Å². The van der Waals surface area contributed by atoms with Crippen LogP contribution in [0.3, 0.4) is 0 Å². The first-order chi connectivity index (χ1) is 5.41. The fraction of sp³-hybridized carbons (Fsp3) is 0.875. The number of carbonyl (C=O) groups is 1. The highest BCUT2D eigenvalue weighted by atomic mass is 16.7. The van der Waals surface area contributed by atoms with Gasteiger partial charge in [-0.2, -0.15) is 0 Å². The minimum atomic E-state index is -1.14. The zero-order chi connectivity index (χ0) is 9.15. The number of carbonyl (C=O) groups excluding carboxylic acids is 1. The summed E-state index contributed by atoms with van der Waals surface area (Å²) >= 11 is 0. The standard InChI is InChI=1S/C8H12O4/c1-4-7(2)5(9)8(3,11-4)6(10)12-7/h4-5,9H,1-3H3/t4-,5-,7+,8-/m1/s1. The second-order valence-corrected chi connectivity index (χ2v) is 3.84. The number of hydrogen-bond acceptors (Lipinski definition) is 4. The molecule has 4 nitrogen and oxygen atoms in total. The van der Waals surface area contributed by atoms with Crippen molar-refractivity contribution in [2.45, 2.75) is 44.2 Å². The van der Waals surface area contributed by atoms with E-state index >= 15 is 0 Å². The molecule has 0 unspecified atom stereocenters. The number of ether oxygens (including phenoxy) is 2. The average molecular weight is 172 g/mol. The molecule has 2 aliphatic rings. The van der Waals surface area contributed by atoms with E-state index in [-0.39, 0.29) is 6.10 Å². The third kappa shape index (κ3) is 0.593. The zero-order valence-corrected chi connectivity index (χ0v) is 7.33. The van der Waals surface area contributed by atoms with Crippen molar-refractivity contribution in [3.8, 4) is 0 Å². The molecule has 2 bridgehead atoms. The second kappa shape index (κ2) is 1.83. The van der Waals surface area contributed by atoms with Crippen molar-refractivity contribution in [1.29, 1.82) is 0 Å². The molecule has 0 aliphatic carbocycles. The molecular formula is C8H12O4. The Morgan fingerprint density at radius 3 is 2.33 bits per heavy atom. The van der Waals surface area contributed by atoms with E-state index in [0.29, 0.717) is 0 Å². The van der Waals surface area contributed by atoms with Crippen LogP contribution in [-0.4, -0.2) is 34.5 Å². The van der Waals surface area contributed by atoms with E-state index in [0.717, 1.165) is 0 Å². The van der Waals surface area contributed by atoms with Crippen molar-refractivity contribution in [3.63, 3.8) is 0 Å². The fourth-order valence-corrected chi connectivity index (χ4v) is 1.92. The summed E-state index contributed by atoms with van der Waals surface area (Å²) in [5, 5.41) is 9.72. The second-order valence-electron chi connectivity index (χ2n) is 3.84. The third-order valence-electron chi connectivity index (χ3n) is 3.01. The topological polar surface area (TPSA) is 55.8 Å². The summed E-state index contributed by atoms with van der Waals surface area (Å²) in [5.74, 6) is -0.462. The number of aliphatic hydroxyl groups is 1. The summed E-state index contributed by atoms with van der Waals surface area (Å²) in [7, 11) is 0. The van der Waals surface area contributed by atoms with Crippen molar-refractivity contribution < 1.29 is 19.4 Å². The molecular weight excluding hydrogens is 160 g/mol. The van der Waals surface area contributed by atoms with Gasteiger partial charge < -0.3 is 14.6 Å². The van der Waals surface area contributed by atoms with Gasteiger partial charge in [0.2, 0.25) is 0 Å². The van der Waals surface area contributed by atoms with E-state index in [1.54, 1.807) is 20.8 Å². The maximum Gasteiger partial charge on any atom is 0.341 e. The minimum Gasteiger partial charge on any atom is -0.451 e. The Kier molecular flexibility index (Phi) is 1.22. The van der Waals surface area contributed by atoms with Gasteiger partial charge in [0.05, 0.1) is 6.10 Å². The van der Waals surface area contributed by atoms with E-state index in [9.17, 15) is 9.90 Å². The van der Waals surface area contributed by atoms with Crippen LogP contribution in [0.15, 0.2) is 0 Å². The number of rotatable bonds is 0. The van der Waals surface area contributed by atoms with Crippen molar-refractivity contribution in [1.82, 2.24) is 0 Å². The molecule has 0 aromatic heterocycles. The van der Waals surface area contributed by atoms with Crippen LogP contribution in [0, 0.1) is 0 Å². The summed E-state index contributed by atoms with van der Waals surface area (Å²) in [4.78, 5) is 11.2. The maximum absolute atomic E-state index is 11.2. The lowest BCUT2D eigenvalue weighted by molar-refractivity contribution is -0.192. The molecule has 4 atom stereocenters. The van der Waals surface area contributed by atoms with Crippen LogP contribution >= 0.6 is 0 Å². The molecule has 2 saturated heterocycles. The SMILES string of the molecule is C[C@H]1O[C@@]2(C)C(=O)O[C@]1(C)[C@H]2O. The Balaban J connectivity index is 2.47. The monoisotopic (exact) mass is 172 g/mol. The highest BCUT2D eigenvalue weighted by molar-refractivity contribution is 5.84. The van der Waals surface area contributed by atoms with Gasteiger partial charge in [-0.1, -0.05) is 0 Å². The lowest BCUT2D eigenvalue weighted by Crippen LogP contribution is -2.42. The van der Waals surface area contributed by atoms with Gasteiger partial charge in [0.25, 0.3) is 0 Å². The number of fused-ring (bicyclic) bond motifs is 2. The Morgan fingerprint density at radius 1 is 1.50 bits per heavy atom. The average Bonchev–Trinajstić information content (AvgIpc) is 2.22. The molecule has 0 spiro atoms. The Labute approximate surface area is 70.5 Å². The van der Waals surface area contributed by atoms with Crippen molar-refractivity contribution in [2.24, 2.45) is 0 Å². The Morgan fingerprint density at radius 2 is 2.08 bits per heavy atom. The summed E-state index contributed by atoms with van der Waals surface area (Å²) in [6.45, 7) is 5.05. The van der Waals surface area contributed by atoms with Crippen LogP contribution in [0.25, 0.3) is 0 Å². The molecule has 0 aromatic carbocycles. The lowest BCUT2D eigenvalue weighted by Gasteiger charge is -2.28. The van der Waals surface area contributed by atoms with E-state index in [2.05, 4.69) is 0 Å². The zero-order valence-electron chi connectivity index (χ0n) is 7.33. The van der Waals surface area contributed by atoms with Crippen molar-refractivity contribution >= 4 is 5.97 Å². The third-order valence-corrected chi connectivity index (χ3v) is 3.01. The molecule has 0 amide bonds. The molecule has 2 heterocycles. The van der Waals surface area contributed by atoms with Crippen LogP contribution in [0.5, 0.6) is 0 Å². The predicted octanol–water partition coefficient (Wildman–Crippen LogP) is -0.160. The first-order valence-corrected chi connectivity index (χ1v) is 4.00. The first-order valence-electron chi connectivity index (χ1n) is 4.00. The van der Waals surface area contributed by atoms with Crippen molar-refractivity contribution in [2.75, 3.05) is 0 Å². The van der Waals surface area contributed by atoms with E-state index in [4.69, 9.17) is 9.47 Å². The minimum absolute atomic E-state index is 0.241. The number of aliphatic hydroxyl groups excluding tert-OH is 1. The molecule has 1 N–H and O–H groups in total. The van der Waals surface area contributed by atoms with Gasteiger partial charge in [0.15, 0.2) is 11.2 Å². The van der Waals surface area contributed by atoms with Gasteiger partial charge in [0, 0.05) is 0 Å². The Hall–Kier alpha value is -0.610. The van der Waals surface area contributed by atoms with Gasteiger partial charge in [-0.25, -0.2) is 4.79 Å². The summed E-state index contributed by atoms with van der Waals surface area (Å²) < 4.78 is 10.4.